The van der Waals surface area contributed by atoms with Crippen molar-refractivity contribution in [3.63, 3.8) is 0 Å². The van der Waals surface area contributed by atoms with Crippen LogP contribution in [0, 0.1) is 11.2 Å². The number of nitrogens with one attached hydrogen (secondary N) is 2. The first kappa shape index (κ1) is 20.2. The average molecular weight is 433 g/mol. The number of hydrogen-bond donors (Lipinski definition) is 4. The van der Waals surface area contributed by atoms with Gasteiger partial charge < -0.3 is 15.8 Å². The lowest BCUT2D eigenvalue weighted by molar-refractivity contribution is -0.132. The van der Waals surface area contributed by atoms with E-state index in [1.165, 1.54) is 12.1 Å². The minimum absolute atomic E-state index is 0.255. The number of phenols is 1. The molecule has 0 bridgehead atoms. The van der Waals surface area contributed by atoms with E-state index in [1.54, 1.807) is 6.20 Å². The van der Waals surface area contributed by atoms with Gasteiger partial charge in [-0.2, -0.15) is 5.10 Å². The summed E-state index contributed by atoms with van der Waals surface area (Å²) in [6.45, 7) is 1.96. The van der Waals surface area contributed by atoms with Crippen molar-refractivity contribution in [3.05, 3.63) is 53.6 Å². The van der Waals surface area contributed by atoms with Crippen LogP contribution >= 0.6 is 0 Å². The van der Waals surface area contributed by atoms with Crippen LogP contribution in [0.4, 0.5) is 4.39 Å². The number of carbonyl (C=O) groups is 1. The highest BCUT2D eigenvalue weighted by molar-refractivity contribution is 5.94. The number of aromatic hydroxyl groups is 1. The third kappa shape index (κ3) is 3.23. The predicted octanol–water partition coefficient (Wildman–Crippen LogP) is 4.23. The van der Waals surface area contributed by atoms with Crippen molar-refractivity contribution in [2.45, 2.75) is 39.0 Å². The summed E-state index contributed by atoms with van der Waals surface area (Å²) in [6.07, 6.45) is 5.58. The number of aromatic nitrogens is 4. The molecule has 0 radical (unpaired) electrons. The summed E-state index contributed by atoms with van der Waals surface area (Å²) in [5.41, 5.74) is 9.91. The van der Waals surface area contributed by atoms with Crippen LogP contribution in [-0.2, 0) is 17.6 Å². The maximum atomic E-state index is 14.0. The highest BCUT2D eigenvalue weighted by Gasteiger charge is 2.43. The molecule has 1 saturated carbocycles. The highest BCUT2D eigenvalue weighted by Crippen LogP contribution is 2.43. The summed E-state index contributed by atoms with van der Waals surface area (Å²) in [4.78, 5) is 19.6. The molecule has 1 aliphatic carbocycles. The van der Waals surface area contributed by atoms with Gasteiger partial charge in [-0.1, -0.05) is 19.4 Å². The molecule has 0 aliphatic heterocycles. The number of phenolic OH excluding ortho intramolecular Hbond substituents is 1. The second kappa shape index (κ2) is 7.47. The van der Waals surface area contributed by atoms with Gasteiger partial charge in [0.2, 0.25) is 5.91 Å². The summed E-state index contributed by atoms with van der Waals surface area (Å²) in [6, 6.07) is 8.58. The number of carbonyl (C=O) groups excluding carboxylic acids is 1. The van der Waals surface area contributed by atoms with Crippen LogP contribution in [0.1, 0.15) is 37.4 Å². The van der Waals surface area contributed by atoms with Gasteiger partial charge in [0.25, 0.3) is 0 Å². The van der Waals surface area contributed by atoms with Crippen molar-refractivity contribution in [3.8, 4) is 28.4 Å². The van der Waals surface area contributed by atoms with E-state index in [-0.39, 0.29) is 11.7 Å². The molecule has 5 rings (SSSR count). The molecule has 0 unspecified atom stereocenters. The van der Waals surface area contributed by atoms with Gasteiger partial charge in [-0.3, -0.25) is 9.89 Å². The number of hydrogen-bond acceptors (Lipinski definition) is 4. The normalized spacial score (nSPS) is 15.1. The van der Waals surface area contributed by atoms with Crippen molar-refractivity contribution < 1.29 is 14.3 Å². The minimum Gasteiger partial charge on any atom is -0.505 e. The van der Waals surface area contributed by atoms with E-state index in [4.69, 9.17) is 5.73 Å². The summed E-state index contributed by atoms with van der Waals surface area (Å²) >= 11 is 0. The largest absolute Gasteiger partial charge is 0.505 e. The Hall–Kier alpha value is -3.68. The number of fused-ring (bicyclic) bond motifs is 1. The summed E-state index contributed by atoms with van der Waals surface area (Å²) in [5.74, 6) is -0.632. The maximum Gasteiger partial charge on any atom is 0.224 e. The Balaban J connectivity index is 1.48. The number of amides is 1. The molecule has 32 heavy (non-hydrogen) atoms. The lowest BCUT2D eigenvalue weighted by Crippen LogP contribution is -2.44. The average Bonchev–Trinajstić information content (AvgIpc) is 3.38. The number of imidazole rings is 1. The van der Waals surface area contributed by atoms with E-state index in [0.29, 0.717) is 24.4 Å². The molecule has 1 fully saturated rings. The molecule has 0 atom stereocenters. The van der Waals surface area contributed by atoms with E-state index >= 15 is 0 Å². The van der Waals surface area contributed by atoms with Crippen molar-refractivity contribution >= 4 is 16.8 Å². The maximum absolute atomic E-state index is 14.0. The smallest absolute Gasteiger partial charge is 0.224 e. The molecule has 2 aromatic carbocycles. The first-order valence-corrected chi connectivity index (χ1v) is 10.7. The molecule has 4 aromatic rings. The van der Waals surface area contributed by atoms with Gasteiger partial charge in [0.1, 0.15) is 5.69 Å². The second-order valence-corrected chi connectivity index (χ2v) is 8.58. The fraction of sp³-hybridized carbons (Fsp3) is 0.292. The fourth-order valence-corrected chi connectivity index (χ4v) is 4.58. The number of aryl methyl sites for hydroxylation is 1. The van der Waals surface area contributed by atoms with Gasteiger partial charge in [-0.15, -0.1) is 0 Å². The first-order chi connectivity index (χ1) is 15.4. The van der Waals surface area contributed by atoms with Crippen LogP contribution in [-0.4, -0.2) is 31.2 Å². The second-order valence-electron chi connectivity index (χ2n) is 8.58. The van der Waals surface area contributed by atoms with Gasteiger partial charge >= 0.3 is 0 Å². The standard InChI is InChI=1S/C24H24FN5O2/c1-2-13-9-20(31)18(25)10-17(13)14-4-5-16-19(8-14)29-30-21(16)22-27-12-15(28-22)11-24(23(26)32)6-3-7-24/h4-5,8-10,12,31H,2-3,6-7,11H2,1H3,(H2,26,32)(H,27,28)(H,29,30). The SMILES string of the molecule is CCc1cc(O)c(F)cc1-c1ccc2c(-c3ncc(CC4(C(N)=O)CCC4)[nH]3)n[nH]c2c1. The molecule has 0 spiro atoms. The topological polar surface area (TPSA) is 121 Å². The van der Waals surface area contributed by atoms with Crippen molar-refractivity contribution in [1.29, 1.82) is 0 Å². The Bertz CT molecular complexity index is 1340. The fourth-order valence-electron chi connectivity index (χ4n) is 4.58. The molecule has 164 valence electrons. The Morgan fingerprint density at radius 2 is 2.09 bits per heavy atom. The number of H-pyrrole nitrogens is 2. The molecule has 7 nitrogen and oxygen atoms in total. The minimum atomic E-state index is -0.647. The molecule has 1 amide bonds. The van der Waals surface area contributed by atoms with Crippen LogP contribution in [0.15, 0.2) is 36.5 Å². The zero-order valence-corrected chi connectivity index (χ0v) is 17.7. The Labute approximate surface area is 183 Å². The molecule has 2 aromatic heterocycles. The van der Waals surface area contributed by atoms with Crippen molar-refractivity contribution in [2.24, 2.45) is 11.1 Å². The molecular formula is C24H24FN5O2. The summed E-state index contributed by atoms with van der Waals surface area (Å²) in [7, 11) is 0. The molecule has 2 heterocycles. The van der Waals surface area contributed by atoms with Gasteiger partial charge in [0, 0.05) is 23.7 Å². The Morgan fingerprint density at radius 1 is 1.28 bits per heavy atom. The van der Waals surface area contributed by atoms with E-state index in [9.17, 15) is 14.3 Å². The molecule has 5 N–H and O–H groups in total. The van der Waals surface area contributed by atoms with E-state index in [2.05, 4.69) is 20.2 Å². The third-order valence-electron chi connectivity index (χ3n) is 6.64. The number of nitrogens with two attached hydrogens (primary N) is 1. The monoisotopic (exact) mass is 433 g/mol. The van der Waals surface area contributed by atoms with Gasteiger partial charge in [0.15, 0.2) is 17.4 Å². The predicted molar refractivity (Wildman–Crippen MR) is 119 cm³/mol. The number of rotatable bonds is 6. The lowest BCUT2D eigenvalue weighted by atomic mass is 9.65. The van der Waals surface area contributed by atoms with Crippen LogP contribution in [0.25, 0.3) is 33.5 Å². The number of aromatic amines is 2. The molecular weight excluding hydrogens is 409 g/mol. The Morgan fingerprint density at radius 3 is 2.78 bits per heavy atom. The van der Waals surface area contributed by atoms with Crippen LogP contribution in [0.5, 0.6) is 5.75 Å². The van der Waals surface area contributed by atoms with E-state index < -0.39 is 11.2 Å². The van der Waals surface area contributed by atoms with Crippen LogP contribution in [0.3, 0.4) is 0 Å². The van der Waals surface area contributed by atoms with Crippen molar-refractivity contribution in [1.82, 2.24) is 20.2 Å². The lowest BCUT2D eigenvalue weighted by Gasteiger charge is -2.38. The van der Waals surface area contributed by atoms with E-state index in [0.717, 1.165) is 52.5 Å². The quantitative estimate of drug-likeness (QED) is 0.364. The van der Waals surface area contributed by atoms with Crippen LogP contribution < -0.4 is 5.73 Å². The van der Waals surface area contributed by atoms with E-state index in [1.807, 2.05) is 25.1 Å². The molecule has 8 heteroatoms. The van der Waals surface area contributed by atoms with Gasteiger partial charge in [-0.25, -0.2) is 9.37 Å². The number of benzene rings is 2. The number of halogens is 1. The first-order valence-electron chi connectivity index (χ1n) is 10.7. The Kier molecular flexibility index (Phi) is 4.73. The zero-order chi connectivity index (χ0) is 22.5. The number of primary amides is 1. The zero-order valence-electron chi connectivity index (χ0n) is 17.7. The molecule has 1 aliphatic rings. The van der Waals surface area contributed by atoms with Crippen molar-refractivity contribution in [2.75, 3.05) is 0 Å². The summed E-state index contributed by atoms with van der Waals surface area (Å²) in [5, 5.41) is 18.0. The highest BCUT2D eigenvalue weighted by atomic mass is 19.1. The number of nitrogens with zero attached hydrogens (tertiary/aromatic N) is 2. The van der Waals surface area contributed by atoms with Crippen LogP contribution in [0.2, 0.25) is 0 Å². The summed E-state index contributed by atoms with van der Waals surface area (Å²) < 4.78 is 14.0. The molecule has 0 saturated heterocycles. The van der Waals surface area contributed by atoms with Gasteiger partial charge in [-0.05, 0) is 60.2 Å². The third-order valence-corrected chi connectivity index (χ3v) is 6.64. The van der Waals surface area contributed by atoms with Gasteiger partial charge in [0.05, 0.1) is 10.9 Å².